The van der Waals surface area contributed by atoms with Crippen molar-refractivity contribution >= 4 is 21.9 Å². The summed E-state index contributed by atoms with van der Waals surface area (Å²) >= 11 is 0. The first kappa shape index (κ1) is 18.0. The molecule has 2 N–H and O–H groups in total. The number of fused-ring (bicyclic) bond motifs is 2. The zero-order chi connectivity index (χ0) is 20.6. The van der Waals surface area contributed by atoms with Crippen LogP contribution in [0.2, 0.25) is 0 Å². The third-order valence-corrected chi connectivity index (χ3v) is 5.82. The van der Waals surface area contributed by atoms with E-state index in [1.54, 1.807) is 24.8 Å². The lowest BCUT2D eigenvalue weighted by molar-refractivity contribution is 0.154. The number of H-pyrrole nitrogens is 2. The fourth-order valence-corrected chi connectivity index (χ4v) is 4.22. The van der Waals surface area contributed by atoms with Gasteiger partial charge >= 0.3 is 0 Å². The maximum atomic E-state index is 6.19. The number of ether oxygens (including phenoxy) is 1. The van der Waals surface area contributed by atoms with Crippen molar-refractivity contribution in [1.29, 1.82) is 0 Å². The molecule has 5 heterocycles. The van der Waals surface area contributed by atoms with Gasteiger partial charge in [-0.3, -0.25) is 20.1 Å². The Morgan fingerprint density at radius 1 is 0.935 bits per heavy atom. The van der Waals surface area contributed by atoms with E-state index in [-0.39, 0.29) is 6.10 Å². The number of aromatic nitrogens is 7. The number of aromatic amines is 2. The number of hydrogen-bond donors (Lipinski definition) is 2. The lowest BCUT2D eigenvalue weighted by atomic mass is 9.98. The molecule has 5 aromatic heterocycles. The molecule has 8 heteroatoms. The van der Waals surface area contributed by atoms with Gasteiger partial charge in [0.1, 0.15) is 11.4 Å². The summed E-state index contributed by atoms with van der Waals surface area (Å²) in [5, 5.41) is 8.46. The van der Waals surface area contributed by atoms with Gasteiger partial charge in [-0.05, 0) is 43.9 Å². The Bertz CT molecular complexity index is 1330. The first-order chi connectivity index (χ1) is 15.3. The molecule has 0 amide bonds. The minimum absolute atomic E-state index is 0.282. The van der Waals surface area contributed by atoms with Crippen LogP contribution in [-0.4, -0.2) is 41.2 Å². The molecule has 0 aromatic carbocycles. The average molecular weight is 411 g/mol. The third-order valence-electron chi connectivity index (χ3n) is 5.82. The van der Waals surface area contributed by atoms with E-state index < -0.39 is 0 Å². The highest BCUT2D eigenvalue weighted by molar-refractivity contribution is 5.94. The molecule has 0 bridgehead atoms. The topological polar surface area (TPSA) is 105 Å². The zero-order valence-corrected chi connectivity index (χ0v) is 16.9. The number of hydrogen-bond acceptors (Lipinski definition) is 6. The second kappa shape index (κ2) is 7.46. The maximum Gasteiger partial charge on any atom is 0.159 e. The maximum absolute atomic E-state index is 6.19. The van der Waals surface area contributed by atoms with Crippen LogP contribution in [0.5, 0.6) is 5.75 Å². The number of nitrogens with one attached hydrogen (secondary N) is 2. The molecule has 6 rings (SSSR count). The predicted octanol–water partition coefficient (Wildman–Crippen LogP) is 4.67. The van der Waals surface area contributed by atoms with Crippen molar-refractivity contribution in [3.05, 3.63) is 49.2 Å². The highest BCUT2D eigenvalue weighted by Crippen LogP contribution is 2.30. The lowest BCUT2D eigenvalue weighted by Crippen LogP contribution is -2.19. The van der Waals surface area contributed by atoms with E-state index in [9.17, 15) is 0 Å². The lowest BCUT2D eigenvalue weighted by Gasteiger charge is -2.22. The molecule has 5 aromatic rings. The molecule has 31 heavy (non-hydrogen) atoms. The molecule has 0 atom stereocenters. The van der Waals surface area contributed by atoms with Crippen molar-refractivity contribution in [1.82, 2.24) is 35.1 Å². The van der Waals surface area contributed by atoms with Crippen molar-refractivity contribution in [3.63, 3.8) is 0 Å². The van der Waals surface area contributed by atoms with Gasteiger partial charge < -0.3 is 9.72 Å². The van der Waals surface area contributed by atoms with Crippen LogP contribution < -0.4 is 4.74 Å². The Balaban J connectivity index is 1.36. The van der Waals surface area contributed by atoms with Crippen LogP contribution in [0.4, 0.5) is 0 Å². The summed E-state index contributed by atoms with van der Waals surface area (Å²) < 4.78 is 6.19. The summed E-state index contributed by atoms with van der Waals surface area (Å²) in [5.41, 5.74) is 5.05. The van der Waals surface area contributed by atoms with Gasteiger partial charge in [-0.2, -0.15) is 5.10 Å². The SMILES string of the molecule is c1cc2nc(-c3n[nH]c4cnc(-c5cncc(OC6CCCCC6)c5)cc34)[nH]c2cn1. The fourth-order valence-electron chi connectivity index (χ4n) is 4.22. The van der Waals surface area contributed by atoms with Crippen molar-refractivity contribution in [2.45, 2.75) is 38.2 Å². The standard InChI is InChI=1S/C23H21N7O/c1-2-4-15(5-3-1)31-16-8-14(10-25-11-16)19-9-17-20(13-26-19)29-30-22(17)23-27-18-6-7-24-12-21(18)28-23/h6-13,15H,1-5H2,(H,27,28)(H,29,30). The summed E-state index contributed by atoms with van der Waals surface area (Å²) in [6.07, 6.45) is 15.1. The number of pyridine rings is 3. The van der Waals surface area contributed by atoms with E-state index >= 15 is 0 Å². The van der Waals surface area contributed by atoms with Gasteiger partial charge in [0.2, 0.25) is 0 Å². The first-order valence-corrected chi connectivity index (χ1v) is 10.6. The monoisotopic (exact) mass is 411 g/mol. The summed E-state index contributed by atoms with van der Waals surface area (Å²) in [5.74, 6) is 1.49. The Labute approximate surface area is 178 Å². The second-order valence-electron chi connectivity index (χ2n) is 7.95. The number of nitrogens with zero attached hydrogens (tertiary/aromatic N) is 5. The van der Waals surface area contributed by atoms with E-state index in [1.807, 2.05) is 24.4 Å². The minimum Gasteiger partial charge on any atom is -0.489 e. The zero-order valence-electron chi connectivity index (χ0n) is 16.9. The summed E-state index contributed by atoms with van der Waals surface area (Å²) in [6, 6.07) is 5.91. The highest BCUT2D eigenvalue weighted by atomic mass is 16.5. The summed E-state index contributed by atoms with van der Waals surface area (Å²) in [4.78, 5) is 21.1. The van der Waals surface area contributed by atoms with E-state index in [2.05, 4.69) is 35.1 Å². The van der Waals surface area contributed by atoms with E-state index in [1.165, 1.54) is 19.3 Å². The molecule has 1 saturated carbocycles. The third kappa shape index (κ3) is 3.39. The van der Waals surface area contributed by atoms with Crippen molar-refractivity contribution < 1.29 is 4.74 Å². The van der Waals surface area contributed by atoms with Crippen LogP contribution >= 0.6 is 0 Å². The van der Waals surface area contributed by atoms with Crippen LogP contribution in [0.15, 0.2) is 49.2 Å². The molecule has 0 unspecified atom stereocenters. The van der Waals surface area contributed by atoms with Crippen LogP contribution in [0.25, 0.3) is 44.7 Å². The molecule has 1 aliphatic rings. The Morgan fingerprint density at radius 3 is 2.77 bits per heavy atom. The molecule has 8 nitrogen and oxygen atoms in total. The molecule has 0 saturated heterocycles. The second-order valence-corrected chi connectivity index (χ2v) is 7.95. The van der Waals surface area contributed by atoms with Crippen LogP contribution in [0.1, 0.15) is 32.1 Å². The van der Waals surface area contributed by atoms with Gasteiger partial charge in [-0.15, -0.1) is 0 Å². The number of rotatable bonds is 4. The largest absolute Gasteiger partial charge is 0.489 e. The molecular weight excluding hydrogens is 390 g/mol. The molecule has 154 valence electrons. The molecule has 0 radical (unpaired) electrons. The first-order valence-electron chi connectivity index (χ1n) is 10.6. The van der Waals surface area contributed by atoms with Gasteiger partial charge in [-0.1, -0.05) is 6.42 Å². The molecule has 0 aliphatic heterocycles. The van der Waals surface area contributed by atoms with Crippen molar-refractivity contribution in [2.75, 3.05) is 0 Å². The summed E-state index contributed by atoms with van der Waals surface area (Å²) in [6.45, 7) is 0. The van der Waals surface area contributed by atoms with Crippen LogP contribution in [0, 0.1) is 0 Å². The van der Waals surface area contributed by atoms with Gasteiger partial charge in [0.25, 0.3) is 0 Å². The predicted molar refractivity (Wildman–Crippen MR) is 118 cm³/mol. The van der Waals surface area contributed by atoms with Crippen molar-refractivity contribution in [2.24, 2.45) is 0 Å². The van der Waals surface area contributed by atoms with Crippen molar-refractivity contribution in [3.8, 4) is 28.5 Å². The van der Waals surface area contributed by atoms with E-state index in [0.29, 0.717) is 5.82 Å². The highest BCUT2D eigenvalue weighted by Gasteiger charge is 2.17. The molecule has 0 spiro atoms. The van der Waals surface area contributed by atoms with Gasteiger partial charge in [0.15, 0.2) is 5.82 Å². The van der Waals surface area contributed by atoms with Crippen LogP contribution in [0.3, 0.4) is 0 Å². The van der Waals surface area contributed by atoms with E-state index in [0.717, 1.165) is 57.5 Å². The summed E-state index contributed by atoms with van der Waals surface area (Å²) in [7, 11) is 0. The van der Waals surface area contributed by atoms with E-state index in [4.69, 9.17) is 4.74 Å². The quantitative estimate of drug-likeness (QED) is 0.445. The normalized spacial score (nSPS) is 15.0. The Hall–Kier alpha value is -3.81. The van der Waals surface area contributed by atoms with Gasteiger partial charge in [0.05, 0.1) is 46.9 Å². The molecular formula is C23H21N7O. The Kier molecular flexibility index (Phi) is 4.33. The fraction of sp³-hybridized carbons (Fsp3) is 0.261. The Morgan fingerprint density at radius 2 is 1.87 bits per heavy atom. The smallest absolute Gasteiger partial charge is 0.159 e. The van der Waals surface area contributed by atoms with Gasteiger partial charge in [-0.25, -0.2) is 4.98 Å². The molecule has 1 fully saturated rings. The van der Waals surface area contributed by atoms with Crippen LogP contribution in [-0.2, 0) is 0 Å². The minimum atomic E-state index is 0.282. The molecule has 1 aliphatic carbocycles. The van der Waals surface area contributed by atoms with Gasteiger partial charge in [0, 0.05) is 23.3 Å². The number of imidazole rings is 1. The average Bonchev–Trinajstić information content (AvgIpc) is 3.43.